The van der Waals surface area contributed by atoms with Crippen molar-refractivity contribution in [2.75, 3.05) is 13.1 Å². The van der Waals surface area contributed by atoms with E-state index < -0.39 is 11.7 Å². The summed E-state index contributed by atoms with van der Waals surface area (Å²) < 4.78 is 25.6. The lowest BCUT2D eigenvalue weighted by molar-refractivity contribution is 0.387. The fraction of sp³-hybridized carbons (Fsp3) is 0.333. The van der Waals surface area contributed by atoms with Gasteiger partial charge in [0.15, 0.2) is 11.7 Å². The second-order valence-corrected chi connectivity index (χ2v) is 2.75. The highest BCUT2D eigenvalue weighted by Gasteiger charge is 2.23. The Kier molecular flexibility index (Phi) is 2.76. The van der Waals surface area contributed by atoms with Crippen molar-refractivity contribution in [2.24, 2.45) is 5.92 Å². The minimum absolute atomic E-state index is 0.0377. The molecule has 0 amide bonds. The van der Waals surface area contributed by atoms with Crippen LogP contribution in [0.5, 0.6) is 0 Å². The van der Waals surface area contributed by atoms with Crippen LogP contribution in [0.4, 0.5) is 8.78 Å². The average molecular weight is 171 g/mol. The second kappa shape index (κ2) is 3.63. The largest absolute Gasteiger partial charge is 0.315 e. The monoisotopic (exact) mass is 171 g/mol. The van der Waals surface area contributed by atoms with Crippen LogP contribution < -0.4 is 5.32 Å². The van der Waals surface area contributed by atoms with Gasteiger partial charge in [-0.15, -0.1) is 0 Å². The fourth-order valence-corrected chi connectivity index (χ4v) is 0.957. The molecule has 1 saturated heterocycles. The van der Waals surface area contributed by atoms with E-state index in [4.69, 9.17) is 0 Å². The van der Waals surface area contributed by atoms with Crippen LogP contribution in [0, 0.1) is 5.92 Å². The number of hydrogen-bond donors (Lipinski definition) is 1. The lowest BCUT2D eigenvalue weighted by Gasteiger charge is -2.28. The second-order valence-electron chi connectivity index (χ2n) is 2.75. The number of allylic oxidation sites excluding steroid dienone is 3. The van der Waals surface area contributed by atoms with Crippen molar-refractivity contribution < 1.29 is 8.78 Å². The molecule has 0 saturated carbocycles. The van der Waals surface area contributed by atoms with Gasteiger partial charge in [0.05, 0.1) is 0 Å². The zero-order valence-corrected chi connectivity index (χ0v) is 6.74. The van der Waals surface area contributed by atoms with E-state index in [-0.39, 0.29) is 11.5 Å². The Morgan fingerprint density at radius 3 is 2.33 bits per heavy atom. The molecule has 1 fully saturated rings. The zero-order valence-electron chi connectivity index (χ0n) is 6.74. The Hall–Kier alpha value is -0.960. The van der Waals surface area contributed by atoms with Crippen LogP contribution in [0.1, 0.15) is 0 Å². The lowest BCUT2D eigenvalue weighted by Crippen LogP contribution is -2.42. The standard InChI is InChI=1S/C9H11F2N/c1-3-8(10)9(11)6(2)7-4-12-5-7/h3,7,12H,1-2,4-5H2/b9-8-. The highest BCUT2D eigenvalue weighted by Crippen LogP contribution is 2.25. The average Bonchev–Trinajstić information content (AvgIpc) is 1.98. The molecule has 66 valence electrons. The SMILES string of the molecule is C=C/C(F)=C(/F)C(=C)C1CNC1. The summed E-state index contributed by atoms with van der Waals surface area (Å²) in [5.74, 6) is -1.75. The first-order chi connectivity index (χ1) is 5.66. The Morgan fingerprint density at radius 1 is 1.42 bits per heavy atom. The Balaban J connectivity index is 2.68. The molecule has 1 aliphatic heterocycles. The summed E-state index contributed by atoms with van der Waals surface area (Å²) >= 11 is 0. The van der Waals surface area contributed by atoms with E-state index in [0.717, 1.165) is 6.08 Å². The zero-order chi connectivity index (χ0) is 9.14. The molecule has 0 aromatic heterocycles. The predicted molar refractivity (Wildman–Crippen MR) is 44.9 cm³/mol. The van der Waals surface area contributed by atoms with Crippen LogP contribution >= 0.6 is 0 Å². The smallest absolute Gasteiger partial charge is 0.161 e. The Morgan fingerprint density at radius 2 is 2.00 bits per heavy atom. The van der Waals surface area contributed by atoms with Gasteiger partial charge in [0.2, 0.25) is 0 Å². The van der Waals surface area contributed by atoms with Gasteiger partial charge in [-0.3, -0.25) is 0 Å². The molecule has 3 heteroatoms. The molecule has 1 aliphatic rings. The highest BCUT2D eigenvalue weighted by molar-refractivity contribution is 5.32. The van der Waals surface area contributed by atoms with Gasteiger partial charge in [0.25, 0.3) is 0 Å². The van der Waals surface area contributed by atoms with Crippen LogP contribution in [0.3, 0.4) is 0 Å². The molecule has 0 radical (unpaired) electrons. The maximum absolute atomic E-state index is 13.0. The van der Waals surface area contributed by atoms with Crippen LogP contribution in [-0.4, -0.2) is 13.1 Å². The molecule has 1 rings (SSSR count). The highest BCUT2D eigenvalue weighted by atomic mass is 19.2. The Labute approximate surface area is 70.5 Å². The molecule has 1 heterocycles. The molecule has 12 heavy (non-hydrogen) atoms. The minimum atomic E-state index is -0.924. The van der Waals surface area contributed by atoms with Crippen molar-refractivity contribution in [1.29, 1.82) is 0 Å². The predicted octanol–water partition coefficient (Wildman–Crippen LogP) is 2.10. The van der Waals surface area contributed by atoms with Crippen LogP contribution in [-0.2, 0) is 0 Å². The van der Waals surface area contributed by atoms with E-state index in [0.29, 0.717) is 13.1 Å². The molecule has 0 aliphatic carbocycles. The van der Waals surface area contributed by atoms with E-state index in [2.05, 4.69) is 18.5 Å². The van der Waals surface area contributed by atoms with Gasteiger partial charge in [0.1, 0.15) is 0 Å². The molecular weight excluding hydrogens is 160 g/mol. The summed E-state index contributed by atoms with van der Waals surface area (Å²) in [6.45, 7) is 7.98. The topological polar surface area (TPSA) is 12.0 Å². The van der Waals surface area contributed by atoms with Crippen molar-refractivity contribution in [3.8, 4) is 0 Å². The number of rotatable bonds is 3. The van der Waals surface area contributed by atoms with Crippen LogP contribution in [0.15, 0.2) is 36.5 Å². The third-order valence-corrected chi connectivity index (χ3v) is 1.95. The molecule has 1 nitrogen and oxygen atoms in total. The summed E-state index contributed by atoms with van der Waals surface area (Å²) in [5.41, 5.74) is 0.228. The van der Waals surface area contributed by atoms with Gasteiger partial charge in [-0.1, -0.05) is 13.2 Å². The quantitative estimate of drug-likeness (QED) is 0.641. The van der Waals surface area contributed by atoms with Gasteiger partial charge in [-0.05, 0) is 11.6 Å². The van der Waals surface area contributed by atoms with Crippen molar-refractivity contribution >= 4 is 0 Å². The normalized spacial score (nSPS) is 19.5. The summed E-state index contributed by atoms with van der Waals surface area (Å²) in [6.07, 6.45) is 0.854. The van der Waals surface area contributed by atoms with Crippen molar-refractivity contribution in [1.82, 2.24) is 5.32 Å². The van der Waals surface area contributed by atoms with Crippen molar-refractivity contribution in [2.45, 2.75) is 0 Å². The van der Waals surface area contributed by atoms with Crippen molar-refractivity contribution in [3.05, 3.63) is 36.5 Å². The molecule has 1 N–H and O–H groups in total. The molecule has 0 atom stereocenters. The number of hydrogen-bond acceptors (Lipinski definition) is 1. The van der Waals surface area contributed by atoms with Gasteiger partial charge >= 0.3 is 0 Å². The van der Waals surface area contributed by atoms with Gasteiger partial charge in [0, 0.05) is 19.0 Å². The lowest BCUT2D eigenvalue weighted by atomic mass is 9.93. The fourth-order valence-electron chi connectivity index (χ4n) is 0.957. The maximum atomic E-state index is 13.0. The molecule has 0 aromatic rings. The van der Waals surface area contributed by atoms with Gasteiger partial charge in [-0.2, -0.15) is 0 Å². The first-order valence-corrected chi connectivity index (χ1v) is 3.74. The van der Waals surface area contributed by atoms with Gasteiger partial charge in [-0.25, -0.2) is 8.78 Å². The molecule has 0 aromatic carbocycles. The first-order valence-electron chi connectivity index (χ1n) is 3.74. The Bertz CT molecular complexity index is 239. The van der Waals surface area contributed by atoms with Crippen LogP contribution in [0.25, 0.3) is 0 Å². The first kappa shape index (κ1) is 9.13. The third kappa shape index (κ3) is 1.61. The summed E-state index contributed by atoms with van der Waals surface area (Å²) in [7, 11) is 0. The molecular formula is C9H11F2N. The van der Waals surface area contributed by atoms with E-state index in [1.807, 2.05) is 0 Å². The van der Waals surface area contributed by atoms with E-state index in [1.54, 1.807) is 0 Å². The van der Waals surface area contributed by atoms with Crippen LogP contribution in [0.2, 0.25) is 0 Å². The molecule has 0 bridgehead atoms. The van der Waals surface area contributed by atoms with E-state index in [1.165, 1.54) is 0 Å². The van der Waals surface area contributed by atoms with Gasteiger partial charge < -0.3 is 5.32 Å². The van der Waals surface area contributed by atoms with E-state index in [9.17, 15) is 8.78 Å². The number of nitrogens with one attached hydrogen (secondary N) is 1. The van der Waals surface area contributed by atoms with Crippen molar-refractivity contribution in [3.63, 3.8) is 0 Å². The summed E-state index contributed by atoms with van der Waals surface area (Å²) in [4.78, 5) is 0. The minimum Gasteiger partial charge on any atom is -0.315 e. The summed E-state index contributed by atoms with van der Waals surface area (Å²) in [5, 5.41) is 2.96. The van der Waals surface area contributed by atoms with E-state index >= 15 is 0 Å². The third-order valence-electron chi connectivity index (χ3n) is 1.95. The molecule has 0 unspecified atom stereocenters. The summed E-state index contributed by atoms with van der Waals surface area (Å²) in [6, 6.07) is 0. The maximum Gasteiger partial charge on any atom is 0.161 e. The number of halogens is 2. The molecule has 0 spiro atoms.